The van der Waals surface area contributed by atoms with E-state index in [2.05, 4.69) is 20.5 Å². The molecular formula is C24H23F3N4O2S. The summed E-state index contributed by atoms with van der Waals surface area (Å²) in [6.07, 6.45) is -3.39. The summed E-state index contributed by atoms with van der Waals surface area (Å²) in [7, 11) is 0. The summed E-state index contributed by atoms with van der Waals surface area (Å²) in [6, 6.07) is 10.7. The lowest BCUT2D eigenvalue weighted by Gasteiger charge is -2.20. The highest BCUT2D eigenvalue weighted by Crippen LogP contribution is 2.32. The van der Waals surface area contributed by atoms with Gasteiger partial charge >= 0.3 is 6.18 Å². The van der Waals surface area contributed by atoms with Gasteiger partial charge in [-0.15, -0.1) is 21.5 Å². The molecule has 0 atom stereocenters. The van der Waals surface area contributed by atoms with E-state index in [9.17, 15) is 18.0 Å². The summed E-state index contributed by atoms with van der Waals surface area (Å²) in [5.41, 5.74) is 1.24. The Hall–Kier alpha value is -3.27. The van der Waals surface area contributed by atoms with Gasteiger partial charge in [0, 0.05) is 18.4 Å². The third kappa shape index (κ3) is 5.99. The van der Waals surface area contributed by atoms with Crippen LogP contribution in [0.1, 0.15) is 49.5 Å². The fourth-order valence-electron chi connectivity index (χ4n) is 3.37. The standard InChI is InChI=1S/C24H23F3N4O2S/c1-23(2,3)29-19(32)10-11-20-30-31-21(33-20)13-22-28-17-12-15(6-9-18(17)34-22)14-4-7-16(8-5-14)24(25,26)27/h4-9,12H,10-11,13H2,1-3H3,(H,29,32). The molecule has 178 valence electrons. The van der Waals surface area contributed by atoms with Crippen LogP contribution in [0.3, 0.4) is 0 Å². The third-order valence-corrected chi connectivity index (χ3v) is 5.91. The molecule has 6 nitrogen and oxygen atoms in total. The van der Waals surface area contributed by atoms with Gasteiger partial charge in [0.2, 0.25) is 17.7 Å². The predicted molar refractivity (Wildman–Crippen MR) is 123 cm³/mol. The Bertz CT molecular complexity index is 1300. The average molecular weight is 489 g/mol. The number of halogens is 3. The zero-order valence-electron chi connectivity index (χ0n) is 18.9. The SMILES string of the molecule is CC(C)(C)NC(=O)CCc1nnc(Cc2nc3cc(-c4ccc(C(F)(F)F)cc4)ccc3s2)o1. The molecule has 1 N–H and O–H groups in total. The summed E-state index contributed by atoms with van der Waals surface area (Å²) in [5.74, 6) is 0.722. The van der Waals surface area contributed by atoms with Crippen molar-refractivity contribution < 1.29 is 22.4 Å². The quantitative estimate of drug-likeness (QED) is 0.371. The monoisotopic (exact) mass is 488 g/mol. The van der Waals surface area contributed by atoms with E-state index in [1.807, 2.05) is 39.0 Å². The number of nitrogens with one attached hydrogen (secondary N) is 1. The van der Waals surface area contributed by atoms with E-state index in [0.29, 0.717) is 30.2 Å². The van der Waals surface area contributed by atoms with E-state index < -0.39 is 11.7 Å². The van der Waals surface area contributed by atoms with E-state index >= 15 is 0 Å². The number of fused-ring (bicyclic) bond motifs is 1. The van der Waals surface area contributed by atoms with Crippen LogP contribution in [0.15, 0.2) is 46.9 Å². The summed E-state index contributed by atoms with van der Waals surface area (Å²) in [6.45, 7) is 5.75. The van der Waals surface area contributed by atoms with Gasteiger partial charge in [-0.3, -0.25) is 4.79 Å². The minimum Gasteiger partial charge on any atom is -0.425 e. The number of hydrogen-bond acceptors (Lipinski definition) is 6. The molecule has 0 aliphatic heterocycles. The molecule has 1 amide bonds. The van der Waals surface area contributed by atoms with E-state index in [-0.39, 0.29) is 17.9 Å². The van der Waals surface area contributed by atoms with E-state index in [4.69, 9.17) is 4.42 Å². The first-order valence-corrected chi connectivity index (χ1v) is 11.5. The van der Waals surface area contributed by atoms with Gasteiger partial charge < -0.3 is 9.73 Å². The van der Waals surface area contributed by atoms with E-state index in [1.54, 1.807) is 0 Å². The fourth-order valence-corrected chi connectivity index (χ4v) is 4.31. The van der Waals surface area contributed by atoms with Crippen molar-refractivity contribution in [1.29, 1.82) is 0 Å². The number of aromatic nitrogens is 3. The number of rotatable bonds is 6. The fraction of sp³-hybridized carbons (Fsp3) is 0.333. The molecular weight excluding hydrogens is 465 g/mol. The molecule has 4 rings (SSSR count). The topological polar surface area (TPSA) is 80.9 Å². The molecule has 0 radical (unpaired) electrons. The van der Waals surface area contributed by atoms with Gasteiger partial charge in [-0.25, -0.2) is 4.98 Å². The second kappa shape index (κ2) is 9.17. The molecule has 2 aromatic heterocycles. The van der Waals surface area contributed by atoms with E-state index in [1.165, 1.54) is 23.5 Å². The van der Waals surface area contributed by atoms with Crippen LogP contribution >= 0.6 is 11.3 Å². The second-order valence-electron chi connectivity index (χ2n) is 8.93. The number of carbonyl (C=O) groups is 1. The van der Waals surface area contributed by atoms with Crippen LogP contribution in [0.4, 0.5) is 13.2 Å². The highest BCUT2D eigenvalue weighted by atomic mass is 32.1. The van der Waals surface area contributed by atoms with Crippen molar-refractivity contribution in [1.82, 2.24) is 20.5 Å². The molecule has 10 heteroatoms. The Morgan fingerprint density at radius 3 is 2.35 bits per heavy atom. The van der Waals surface area contributed by atoms with Gasteiger partial charge in [-0.1, -0.05) is 18.2 Å². The van der Waals surface area contributed by atoms with Gasteiger partial charge in [-0.2, -0.15) is 13.2 Å². The van der Waals surface area contributed by atoms with Gasteiger partial charge in [-0.05, 0) is 56.2 Å². The maximum atomic E-state index is 12.8. The number of amides is 1. The minimum absolute atomic E-state index is 0.0812. The highest BCUT2D eigenvalue weighted by molar-refractivity contribution is 7.18. The molecule has 0 unspecified atom stereocenters. The zero-order valence-corrected chi connectivity index (χ0v) is 19.7. The van der Waals surface area contributed by atoms with Crippen LogP contribution in [0.5, 0.6) is 0 Å². The summed E-state index contributed by atoms with van der Waals surface area (Å²) < 4.78 is 45.0. The summed E-state index contributed by atoms with van der Waals surface area (Å²) in [5, 5.41) is 11.7. The molecule has 0 bridgehead atoms. The lowest BCUT2D eigenvalue weighted by atomic mass is 10.0. The molecule has 4 aromatic rings. The maximum Gasteiger partial charge on any atom is 0.416 e. The van der Waals surface area contributed by atoms with Gasteiger partial charge in [0.1, 0.15) is 5.01 Å². The molecule has 34 heavy (non-hydrogen) atoms. The van der Waals surface area contributed by atoms with Crippen LogP contribution < -0.4 is 5.32 Å². The molecule has 2 heterocycles. The lowest BCUT2D eigenvalue weighted by molar-refractivity contribution is -0.137. The third-order valence-electron chi connectivity index (χ3n) is 4.87. The number of thiazole rings is 1. The average Bonchev–Trinajstić information content (AvgIpc) is 3.36. The normalized spacial score (nSPS) is 12.3. The number of hydrogen-bond donors (Lipinski definition) is 1. The molecule has 0 saturated heterocycles. The Kier molecular flexibility index (Phi) is 6.44. The zero-order chi connectivity index (χ0) is 24.5. The lowest BCUT2D eigenvalue weighted by Crippen LogP contribution is -2.40. The molecule has 0 aliphatic rings. The molecule has 0 spiro atoms. The molecule has 0 aliphatic carbocycles. The van der Waals surface area contributed by atoms with Crippen LogP contribution in [-0.4, -0.2) is 26.6 Å². The van der Waals surface area contributed by atoms with Crippen molar-refractivity contribution in [2.45, 2.75) is 51.7 Å². The van der Waals surface area contributed by atoms with Crippen molar-refractivity contribution in [2.24, 2.45) is 0 Å². The van der Waals surface area contributed by atoms with Gasteiger partial charge in [0.15, 0.2) is 0 Å². The van der Waals surface area contributed by atoms with Gasteiger partial charge in [0.25, 0.3) is 0 Å². The largest absolute Gasteiger partial charge is 0.425 e. The Balaban J connectivity index is 1.42. The number of carbonyl (C=O) groups excluding carboxylic acids is 1. The first kappa shape index (κ1) is 23.9. The number of benzene rings is 2. The van der Waals surface area contributed by atoms with Crippen LogP contribution in [-0.2, 0) is 23.8 Å². The Labute approximate surface area is 198 Å². The van der Waals surface area contributed by atoms with Crippen molar-refractivity contribution in [3.63, 3.8) is 0 Å². The van der Waals surface area contributed by atoms with Crippen molar-refractivity contribution in [3.8, 4) is 11.1 Å². The van der Waals surface area contributed by atoms with Crippen molar-refractivity contribution >= 4 is 27.5 Å². The van der Waals surface area contributed by atoms with Crippen LogP contribution in [0.2, 0.25) is 0 Å². The van der Waals surface area contributed by atoms with Crippen LogP contribution in [0.25, 0.3) is 21.3 Å². The summed E-state index contributed by atoms with van der Waals surface area (Å²) in [4.78, 5) is 16.6. The maximum absolute atomic E-state index is 12.8. The first-order valence-electron chi connectivity index (χ1n) is 10.7. The number of alkyl halides is 3. The highest BCUT2D eigenvalue weighted by Gasteiger charge is 2.30. The van der Waals surface area contributed by atoms with Crippen molar-refractivity contribution in [3.05, 3.63) is 64.8 Å². The smallest absolute Gasteiger partial charge is 0.416 e. The Morgan fingerprint density at radius 2 is 1.68 bits per heavy atom. The van der Waals surface area contributed by atoms with Gasteiger partial charge in [0.05, 0.1) is 22.2 Å². The minimum atomic E-state index is -4.36. The number of aryl methyl sites for hydroxylation is 1. The summed E-state index contributed by atoms with van der Waals surface area (Å²) >= 11 is 1.48. The molecule has 0 saturated carbocycles. The first-order chi connectivity index (χ1) is 16.0. The number of nitrogens with zero attached hydrogens (tertiary/aromatic N) is 3. The molecule has 0 fully saturated rings. The van der Waals surface area contributed by atoms with Crippen LogP contribution in [0, 0.1) is 0 Å². The Morgan fingerprint density at radius 1 is 1.00 bits per heavy atom. The second-order valence-corrected chi connectivity index (χ2v) is 10.0. The molecule has 2 aromatic carbocycles. The van der Waals surface area contributed by atoms with Crippen molar-refractivity contribution in [2.75, 3.05) is 0 Å². The predicted octanol–water partition coefficient (Wildman–Crippen LogP) is 5.80. The van der Waals surface area contributed by atoms with E-state index in [0.717, 1.165) is 32.9 Å².